The summed E-state index contributed by atoms with van der Waals surface area (Å²) in [6.07, 6.45) is 1.72. The molecule has 3 rings (SSSR count). The van der Waals surface area contributed by atoms with E-state index in [0.29, 0.717) is 6.54 Å². The number of carbonyl (C=O) groups is 2. The van der Waals surface area contributed by atoms with Gasteiger partial charge in [0.25, 0.3) is 5.91 Å². The molecule has 28 heavy (non-hydrogen) atoms. The van der Waals surface area contributed by atoms with Crippen LogP contribution < -0.4 is 9.62 Å². The van der Waals surface area contributed by atoms with E-state index in [1.165, 1.54) is 13.8 Å². The number of nitrogens with zero attached hydrogens (tertiary/aromatic N) is 2. The lowest BCUT2D eigenvalue weighted by molar-refractivity contribution is -0.146. The van der Waals surface area contributed by atoms with Crippen molar-refractivity contribution in [2.24, 2.45) is 0 Å². The molecule has 150 valence electrons. The van der Waals surface area contributed by atoms with Gasteiger partial charge < -0.3 is 14.2 Å². The van der Waals surface area contributed by atoms with Gasteiger partial charge in [0.05, 0.1) is 0 Å². The molecule has 0 unspecified atom stereocenters. The number of carbonyl (C=O) groups excluding carboxylic acids is 2. The third-order valence-corrected chi connectivity index (χ3v) is 6.06. The van der Waals surface area contributed by atoms with Crippen molar-refractivity contribution in [3.63, 3.8) is 0 Å². The van der Waals surface area contributed by atoms with E-state index in [9.17, 15) is 18.0 Å². The Kier molecular flexibility index (Phi) is 5.80. The topological polar surface area (TPSA) is 119 Å². The fraction of sp³-hybridized carbons (Fsp3) is 0.389. The molecule has 9 nitrogen and oxygen atoms in total. The summed E-state index contributed by atoms with van der Waals surface area (Å²) in [5.74, 6) is -1.08. The van der Waals surface area contributed by atoms with Crippen LogP contribution in [0.1, 0.15) is 23.4 Å². The van der Waals surface area contributed by atoms with Crippen LogP contribution in [0.5, 0.6) is 0 Å². The highest BCUT2D eigenvalue weighted by Gasteiger charge is 2.26. The summed E-state index contributed by atoms with van der Waals surface area (Å²) in [4.78, 5) is 25.8. The molecule has 0 saturated carbocycles. The summed E-state index contributed by atoms with van der Waals surface area (Å²) in [5.41, 5.74) is 2.08. The van der Waals surface area contributed by atoms with Gasteiger partial charge >= 0.3 is 5.97 Å². The van der Waals surface area contributed by atoms with Crippen LogP contribution >= 0.6 is 0 Å². The molecular formula is C18H21N3O6S. The highest BCUT2D eigenvalue weighted by atomic mass is 32.2. The van der Waals surface area contributed by atoms with Crippen molar-refractivity contribution in [1.82, 2.24) is 9.88 Å². The summed E-state index contributed by atoms with van der Waals surface area (Å²) in [7, 11) is -3.97. The molecule has 1 aromatic heterocycles. The maximum absolute atomic E-state index is 12.4. The minimum absolute atomic E-state index is 0.110. The van der Waals surface area contributed by atoms with Crippen molar-refractivity contribution in [2.75, 3.05) is 24.6 Å². The highest BCUT2D eigenvalue weighted by molar-refractivity contribution is 7.89. The van der Waals surface area contributed by atoms with E-state index in [-0.39, 0.29) is 22.3 Å². The molecule has 2 heterocycles. The van der Waals surface area contributed by atoms with Crippen molar-refractivity contribution in [2.45, 2.75) is 31.6 Å². The van der Waals surface area contributed by atoms with E-state index in [0.717, 1.165) is 24.1 Å². The van der Waals surface area contributed by atoms with E-state index in [1.54, 1.807) is 4.90 Å². The van der Waals surface area contributed by atoms with E-state index >= 15 is 0 Å². The number of aryl methyl sites for hydroxylation is 3. The van der Waals surface area contributed by atoms with E-state index in [2.05, 4.69) is 9.88 Å². The maximum Gasteiger partial charge on any atom is 0.321 e. The van der Waals surface area contributed by atoms with Crippen molar-refractivity contribution < 1.29 is 27.3 Å². The summed E-state index contributed by atoms with van der Waals surface area (Å²) >= 11 is 0. The smallest absolute Gasteiger partial charge is 0.321 e. The van der Waals surface area contributed by atoms with E-state index in [1.807, 2.05) is 24.3 Å². The number of aromatic nitrogens is 1. The SMILES string of the molecule is Cc1noc(C)c1S(=O)(=O)NCC(=O)OCC(=O)N1CCCc2ccccc21. The second-order valence-electron chi connectivity index (χ2n) is 6.42. The number of ether oxygens (including phenoxy) is 1. The Morgan fingerprint density at radius 3 is 2.75 bits per heavy atom. The monoisotopic (exact) mass is 407 g/mol. The lowest BCUT2D eigenvalue weighted by Crippen LogP contribution is -2.39. The zero-order chi connectivity index (χ0) is 20.3. The van der Waals surface area contributed by atoms with Gasteiger partial charge in [-0.3, -0.25) is 9.59 Å². The quantitative estimate of drug-likeness (QED) is 0.712. The molecule has 1 aliphatic heterocycles. The van der Waals surface area contributed by atoms with Gasteiger partial charge in [0.15, 0.2) is 12.4 Å². The first-order valence-electron chi connectivity index (χ1n) is 8.76. The largest absolute Gasteiger partial charge is 0.455 e. The number of benzene rings is 1. The van der Waals surface area contributed by atoms with Crippen LogP contribution in [0.4, 0.5) is 5.69 Å². The normalized spacial score (nSPS) is 13.9. The summed E-state index contributed by atoms with van der Waals surface area (Å²) < 4.78 is 36.4. The minimum Gasteiger partial charge on any atom is -0.455 e. The minimum atomic E-state index is -3.97. The zero-order valence-electron chi connectivity index (χ0n) is 15.6. The number of nitrogens with one attached hydrogen (secondary N) is 1. The molecule has 0 bridgehead atoms. The predicted molar refractivity (Wildman–Crippen MR) is 99.2 cm³/mol. The van der Waals surface area contributed by atoms with Crippen LogP contribution in [0.15, 0.2) is 33.7 Å². The highest BCUT2D eigenvalue weighted by Crippen LogP contribution is 2.26. The average molecular weight is 407 g/mol. The third kappa shape index (κ3) is 4.23. The van der Waals surface area contributed by atoms with Crippen LogP contribution in [-0.2, 0) is 30.8 Å². The summed E-state index contributed by atoms with van der Waals surface area (Å²) in [5, 5.41) is 3.58. The van der Waals surface area contributed by atoms with E-state index in [4.69, 9.17) is 9.26 Å². The van der Waals surface area contributed by atoms with Crippen LogP contribution in [0.3, 0.4) is 0 Å². The number of esters is 1. The van der Waals surface area contributed by atoms with Gasteiger partial charge in [-0.2, -0.15) is 4.72 Å². The number of fused-ring (bicyclic) bond motifs is 1. The molecule has 0 saturated heterocycles. The fourth-order valence-electron chi connectivity index (χ4n) is 3.15. The van der Waals surface area contributed by atoms with Crippen molar-refractivity contribution in [1.29, 1.82) is 0 Å². The van der Waals surface area contributed by atoms with Crippen molar-refractivity contribution in [3.05, 3.63) is 41.3 Å². The molecule has 0 spiro atoms. The Bertz CT molecular complexity index is 979. The lowest BCUT2D eigenvalue weighted by atomic mass is 10.0. The number of amides is 1. The fourth-order valence-corrected chi connectivity index (χ4v) is 4.44. The van der Waals surface area contributed by atoms with Crippen LogP contribution in [0, 0.1) is 13.8 Å². The van der Waals surface area contributed by atoms with Crippen molar-refractivity contribution >= 4 is 27.6 Å². The summed E-state index contributed by atoms with van der Waals surface area (Å²) in [6.45, 7) is 2.43. The molecule has 10 heteroatoms. The number of rotatable bonds is 6. The Hall–Kier alpha value is -2.72. The summed E-state index contributed by atoms with van der Waals surface area (Å²) in [6, 6.07) is 7.58. The third-order valence-electron chi connectivity index (χ3n) is 4.41. The second kappa shape index (κ2) is 8.11. The first-order valence-corrected chi connectivity index (χ1v) is 10.2. The van der Waals surface area contributed by atoms with Gasteiger partial charge in [0.2, 0.25) is 10.0 Å². The maximum atomic E-state index is 12.4. The van der Waals surface area contributed by atoms with Gasteiger partial charge in [0, 0.05) is 12.2 Å². The van der Waals surface area contributed by atoms with Crippen molar-refractivity contribution in [3.8, 4) is 0 Å². The Balaban J connectivity index is 1.55. The van der Waals surface area contributed by atoms with Gasteiger partial charge in [-0.25, -0.2) is 8.42 Å². The molecule has 0 atom stereocenters. The Labute approximate surface area is 162 Å². The molecule has 1 aromatic carbocycles. The number of para-hydroxylation sites is 1. The molecule has 1 N–H and O–H groups in total. The van der Waals surface area contributed by atoms with Gasteiger partial charge in [0.1, 0.15) is 17.1 Å². The zero-order valence-corrected chi connectivity index (χ0v) is 16.4. The van der Waals surface area contributed by atoms with E-state index < -0.39 is 29.1 Å². The molecule has 0 aliphatic carbocycles. The second-order valence-corrected chi connectivity index (χ2v) is 8.12. The Morgan fingerprint density at radius 2 is 2.04 bits per heavy atom. The number of hydrogen-bond donors (Lipinski definition) is 1. The molecule has 0 radical (unpaired) electrons. The molecule has 1 amide bonds. The Morgan fingerprint density at radius 1 is 1.29 bits per heavy atom. The predicted octanol–water partition coefficient (Wildman–Crippen LogP) is 1.09. The number of sulfonamides is 1. The van der Waals surface area contributed by atoms with Crippen LogP contribution in [0.25, 0.3) is 0 Å². The van der Waals surface area contributed by atoms with Gasteiger partial charge in [-0.15, -0.1) is 0 Å². The first kappa shape index (κ1) is 20.0. The van der Waals surface area contributed by atoms with Gasteiger partial charge in [-0.05, 0) is 38.3 Å². The van der Waals surface area contributed by atoms with Gasteiger partial charge in [-0.1, -0.05) is 23.4 Å². The molecule has 1 aliphatic rings. The molecule has 2 aromatic rings. The standard InChI is InChI=1S/C18H21N3O6S/c1-12-18(13(2)27-20-12)28(24,25)19-10-17(23)26-11-16(22)21-9-5-7-14-6-3-4-8-15(14)21/h3-4,6,8,19H,5,7,9-11H2,1-2H3. The number of anilines is 1. The average Bonchev–Trinajstić information content (AvgIpc) is 3.03. The molecular weight excluding hydrogens is 386 g/mol. The molecule has 0 fully saturated rings. The number of hydrogen-bond acceptors (Lipinski definition) is 7. The lowest BCUT2D eigenvalue weighted by Gasteiger charge is -2.29. The van der Waals surface area contributed by atoms with Crippen LogP contribution in [0.2, 0.25) is 0 Å². The first-order chi connectivity index (χ1) is 13.3. The van der Waals surface area contributed by atoms with Crippen LogP contribution in [-0.4, -0.2) is 45.1 Å².